The van der Waals surface area contributed by atoms with Crippen LogP contribution in [0.15, 0.2) is 30.5 Å². The fraction of sp³-hybridized carbons (Fsp3) is 0.308. The molecule has 1 aliphatic rings. The second-order valence-electron chi connectivity index (χ2n) is 4.65. The highest BCUT2D eigenvalue weighted by molar-refractivity contribution is 5.96. The van der Waals surface area contributed by atoms with Crippen molar-refractivity contribution in [1.29, 1.82) is 0 Å². The van der Waals surface area contributed by atoms with Gasteiger partial charge in [-0.15, -0.1) is 0 Å². The summed E-state index contributed by atoms with van der Waals surface area (Å²) in [6, 6.07) is 7.35. The van der Waals surface area contributed by atoms with Crippen molar-refractivity contribution < 1.29 is 10.0 Å². The van der Waals surface area contributed by atoms with E-state index in [0.29, 0.717) is 25.2 Å². The van der Waals surface area contributed by atoms with Crippen LogP contribution < -0.4 is 4.90 Å². The molecule has 0 amide bonds. The number of rotatable bonds is 2. The first kappa shape index (κ1) is 11.9. The zero-order chi connectivity index (χ0) is 13.4. The number of aromatic nitrogens is 1. The molecule has 0 radical (unpaired) electrons. The quantitative estimate of drug-likeness (QED) is 0.656. The molecule has 1 aromatic heterocycles. The molecule has 1 fully saturated rings. The van der Waals surface area contributed by atoms with E-state index in [1.807, 2.05) is 29.2 Å². The average Bonchev–Trinajstić information content (AvgIpc) is 2.83. The SMILES string of the molecule is O=[N+]([O-])c1cnc2ccccc2c1N1CCC(O)C1. The first-order chi connectivity index (χ1) is 9.16. The molecule has 1 saturated heterocycles. The molecule has 3 rings (SSSR count). The number of aliphatic hydroxyl groups is 1. The number of nitro groups is 1. The first-order valence-electron chi connectivity index (χ1n) is 6.12. The zero-order valence-electron chi connectivity index (χ0n) is 10.2. The predicted octanol–water partition coefficient (Wildman–Crippen LogP) is 1.71. The fourth-order valence-electron chi connectivity index (χ4n) is 2.53. The molecular weight excluding hydrogens is 246 g/mol. The number of anilines is 1. The lowest BCUT2D eigenvalue weighted by Gasteiger charge is -2.19. The molecule has 1 N–H and O–H groups in total. The van der Waals surface area contributed by atoms with E-state index in [0.717, 1.165) is 10.9 Å². The molecule has 6 nitrogen and oxygen atoms in total. The van der Waals surface area contributed by atoms with E-state index in [-0.39, 0.29) is 5.69 Å². The molecule has 0 spiro atoms. The van der Waals surface area contributed by atoms with Crippen molar-refractivity contribution >= 4 is 22.3 Å². The Bertz CT molecular complexity index is 644. The van der Waals surface area contributed by atoms with Crippen LogP contribution in [0.2, 0.25) is 0 Å². The van der Waals surface area contributed by atoms with Gasteiger partial charge in [-0.05, 0) is 12.5 Å². The summed E-state index contributed by atoms with van der Waals surface area (Å²) in [6.07, 6.45) is 1.50. The summed E-state index contributed by atoms with van der Waals surface area (Å²) in [4.78, 5) is 16.8. The fourth-order valence-corrected chi connectivity index (χ4v) is 2.53. The second-order valence-corrected chi connectivity index (χ2v) is 4.65. The number of benzene rings is 1. The van der Waals surface area contributed by atoms with Crippen LogP contribution in [0.1, 0.15) is 6.42 Å². The van der Waals surface area contributed by atoms with Crippen molar-refractivity contribution in [2.75, 3.05) is 18.0 Å². The molecule has 1 aromatic carbocycles. The lowest BCUT2D eigenvalue weighted by molar-refractivity contribution is -0.384. The molecule has 19 heavy (non-hydrogen) atoms. The van der Waals surface area contributed by atoms with Crippen molar-refractivity contribution in [3.05, 3.63) is 40.6 Å². The largest absolute Gasteiger partial charge is 0.391 e. The van der Waals surface area contributed by atoms with E-state index in [1.54, 1.807) is 0 Å². The normalized spacial score (nSPS) is 19.0. The molecular formula is C13H13N3O3. The van der Waals surface area contributed by atoms with Crippen molar-refractivity contribution in [2.24, 2.45) is 0 Å². The molecule has 98 valence electrons. The van der Waals surface area contributed by atoms with Crippen molar-refractivity contribution in [2.45, 2.75) is 12.5 Å². The Balaban J connectivity index is 2.23. The summed E-state index contributed by atoms with van der Waals surface area (Å²) >= 11 is 0. The minimum atomic E-state index is -0.425. The van der Waals surface area contributed by atoms with Gasteiger partial charge in [0.05, 0.1) is 16.5 Å². The van der Waals surface area contributed by atoms with Crippen LogP contribution in [-0.2, 0) is 0 Å². The van der Waals surface area contributed by atoms with Crippen LogP contribution in [-0.4, -0.2) is 34.2 Å². The molecule has 1 atom stereocenters. The molecule has 2 heterocycles. The summed E-state index contributed by atoms with van der Waals surface area (Å²) in [5, 5.41) is 21.6. The number of hydrogen-bond donors (Lipinski definition) is 1. The van der Waals surface area contributed by atoms with Crippen LogP contribution in [0.25, 0.3) is 10.9 Å². The maximum atomic E-state index is 11.2. The van der Waals surface area contributed by atoms with E-state index < -0.39 is 11.0 Å². The third-order valence-electron chi connectivity index (χ3n) is 3.40. The van der Waals surface area contributed by atoms with Crippen LogP contribution in [0.4, 0.5) is 11.4 Å². The summed E-state index contributed by atoms with van der Waals surface area (Å²) in [5.41, 5.74) is 1.28. The number of nitrogens with zero attached hydrogens (tertiary/aromatic N) is 3. The monoisotopic (exact) mass is 259 g/mol. The minimum Gasteiger partial charge on any atom is -0.391 e. The number of pyridine rings is 1. The van der Waals surface area contributed by atoms with E-state index in [4.69, 9.17) is 0 Å². The van der Waals surface area contributed by atoms with Crippen molar-refractivity contribution in [3.8, 4) is 0 Å². The number of hydrogen-bond acceptors (Lipinski definition) is 5. The highest BCUT2D eigenvalue weighted by Gasteiger charge is 2.28. The van der Waals surface area contributed by atoms with E-state index in [9.17, 15) is 15.2 Å². The summed E-state index contributed by atoms with van der Waals surface area (Å²) < 4.78 is 0. The Morgan fingerprint density at radius 2 is 2.21 bits per heavy atom. The molecule has 0 aliphatic carbocycles. The predicted molar refractivity (Wildman–Crippen MR) is 71.2 cm³/mol. The van der Waals surface area contributed by atoms with Gasteiger partial charge in [0, 0.05) is 18.5 Å². The highest BCUT2D eigenvalue weighted by Crippen LogP contribution is 2.36. The lowest BCUT2D eigenvalue weighted by Crippen LogP contribution is -2.22. The van der Waals surface area contributed by atoms with Crippen LogP contribution >= 0.6 is 0 Å². The van der Waals surface area contributed by atoms with Gasteiger partial charge in [-0.2, -0.15) is 0 Å². The van der Waals surface area contributed by atoms with E-state index >= 15 is 0 Å². The van der Waals surface area contributed by atoms with Gasteiger partial charge in [0.2, 0.25) is 0 Å². The van der Waals surface area contributed by atoms with Gasteiger partial charge in [0.15, 0.2) is 0 Å². The number of fused-ring (bicyclic) bond motifs is 1. The number of para-hydroxylation sites is 1. The van der Waals surface area contributed by atoms with Crippen LogP contribution in [0.3, 0.4) is 0 Å². The van der Waals surface area contributed by atoms with Gasteiger partial charge in [-0.25, -0.2) is 4.98 Å². The Kier molecular flexibility index (Phi) is 2.79. The molecule has 1 unspecified atom stereocenters. The molecule has 1 aliphatic heterocycles. The number of aliphatic hydroxyl groups excluding tert-OH is 1. The summed E-state index contributed by atoms with van der Waals surface area (Å²) in [5.74, 6) is 0. The maximum Gasteiger partial charge on any atom is 0.311 e. The van der Waals surface area contributed by atoms with Crippen LogP contribution in [0, 0.1) is 10.1 Å². The standard InChI is InChI=1S/C13H13N3O3/c17-9-5-6-15(8-9)13-10-3-1-2-4-11(10)14-7-12(13)16(18)19/h1-4,7,9,17H,5-6,8H2. The molecule has 0 saturated carbocycles. The highest BCUT2D eigenvalue weighted by atomic mass is 16.6. The third-order valence-corrected chi connectivity index (χ3v) is 3.40. The Morgan fingerprint density at radius 1 is 1.42 bits per heavy atom. The number of β-amino-alcohol motifs (C(OH)–C–C–N with tert-alkyl or cyclic N) is 1. The van der Waals surface area contributed by atoms with Gasteiger partial charge >= 0.3 is 5.69 Å². The third kappa shape index (κ3) is 2.00. The van der Waals surface area contributed by atoms with Crippen LogP contribution in [0.5, 0.6) is 0 Å². The first-order valence-corrected chi connectivity index (χ1v) is 6.12. The molecule has 2 aromatic rings. The van der Waals surface area contributed by atoms with Gasteiger partial charge in [-0.1, -0.05) is 18.2 Å². The summed E-state index contributed by atoms with van der Waals surface area (Å²) in [7, 11) is 0. The zero-order valence-corrected chi connectivity index (χ0v) is 10.2. The summed E-state index contributed by atoms with van der Waals surface area (Å²) in [6.45, 7) is 1.05. The lowest BCUT2D eigenvalue weighted by atomic mass is 10.1. The molecule has 0 bridgehead atoms. The van der Waals surface area contributed by atoms with Gasteiger partial charge in [-0.3, -0.25) is 10.1 Å². The maximum absolute atomic E-state index is 11.2. The Labute approximate surface area is 109 Å². The Hall–Kier alpha value is -2.21. The van der Waals surface area contributed by atoms with Crippen molar-refractivity contribution in [3.63, 3.8) is 0 Å². The molecule has 6 heteroatoms. The smallest absolute Gasteiger partial charge is 0.311 e. The average molecular weight is 259 g/mol. The van der Waals surface area contributed by atoms with Gasteiger partial charge < -0.3 is 10.0 Å². The Morgan fingerprint density at radius 3 is 2.89 bits per heavy atom. The second kappa shape index (κ2) is 4.47. The van der Waals surface area contributed by atoms with E-state index in [2.05, 4.69) is 4.98 Å². The minimum absolute atomic E-state index is 0.00667. The van der Waals surface area contributed by atoms with Gasteiger partial charge in [0.1, 0.15) is 11.9 Å². The van der Waals surface area contributed by atoms with Crippen molar-refractivity contribution in [1.82, 2.24) is 4.98 Å². The topological polar surface area (TPSA) is 79.5 Å². The van der Waals surface area contributed by atoms with E-state index in [1.165, 1.54) is 6.20 Å². The van der Waals surface area contributed by atoms with Gasteiger partial charge in [0.25, 0.3) is 0 Å².